The van der Waals surface area contributed by atoms with E-state index in [9.17, 15) is 4.79 Å². The molecule has 0 radical (unpaired) electrons. The molecule has 4 nitrogen and oxygen atoms in total. The highest BCUT2D eigenvalue weighted by Crippen LogP contribution is 2.41. The van der Waals surface area contributed by atoms with Crippen LogP contribution in [0.4, 0.5) is 0 Å². The van der Waals surface area contributed by atoms with Crippen molar-refractivity contribution in [3.63, 3.8) is 0 Å². The second kappa shape index (κ2) is 7.10. The van der Waals surface area contributed by atoms with Gasteiger partial charge in [-0.2, -0.15) is 0 Å². The van der Waals surface area contributed by atoms with Gasteiger partial charge in [0.05, 0.1) is 0 Å². The molecule has 0 aromatic carbocycles. The molecule has 0 bridgehead atoms. The Morgan fingerprint density at radius 2 is 1.57 bits per heavy atom. The summed E-state index contributed by atoms with van der Waals surface area (Å²) < 4.78 is 0. The molecule has 4 heteroatoms. The number of carbonyl (C=O) groups is 1. The van der Waals surface area contributed by atoms with Crippen molar-refractivity contribution in [1.29, 1.82) is 0 Å². The standard InChI is InChI=1S/C17H33N3O/c1-14(2)16(21)20-12-7-17(8-13-20)5-10-19(11-6-17)9-4-15(3)18/h14-15H,4-13,18H2,1-3H3. The number of carbonyl (C=O) groups excluding carboxylic acids is 1. The van der Waals surface area contributed by atoms with Crippen molar-refractivity contribution in [2.45, 2.75) is 58.9 Å². The van der Waals surface area contributed by atoms with Crippen LogP contribution in [0.1, 0.15) is 52.9 Å². The molecule has 1 amide bonds. The molecule has 2 N–H and O–H groups in total. The van der Waals surface area contributed by atoms with Crippen molar-refractivity contribution in [2.75, 3.05) is 32.7 Å². The predicted octanol–water partition coefficient (Wildman–Crippen LogP) is 2.08. The molecule has 1 unspecified atom stereocenters. The maximum atomic E-state index is 12.1. The van der Waals surface area contributed by atoms with Crippen LogP contribution >= 0.6 is 0 Å². The lowest BCUT2D eigenvalue weighted by Gasteiger charge is -2.47. The van der Waals surface area contributed by atoms with E-state index >= 15 is 0 Å². The van der Waals surface area contributed by atoms with Gasteiger partial charge in [0.1, 0.15) is 0 Å². The minimum Gasteiger partial charge on any atom is -0.342 e. The lowest BCUT2D eigenvalue weighted by Crippen LogP contribution is -2.49. The molecule has 122 valence electrons. The van der Waals surface area contributed by atoms with Crippen LogP contribution in [0.15, 0.2) is 0 Å². The van der Waals surface area contributed by atoms with Crippen molar-refractivity contribution in [3.05, 3.63) is 0 Å². The summed E-state index contributed by atoms with van der Waals surface area (Å²) in [6.07, 6.45) is 6.11. The van der Waals surface area contributed by atoms with Crippen LogP contribution in [0.5, 0.6) is 0 Å². The first-order valence-electron chi connectivity index (χ1n) is 8.69. The van der Waals surface area contributed by atoms with Crippen LogP contribution in [0.2, 0.25) is 0 Å². The number of rotatable bonds is 4. The van der Waals surface area contributed by atoms with Gasteiger partial charge >= 0.3 is 0 Å². The largest absolute Gasteiger partial charge is 0.342 e. The smallest absolute Gasteiger partial charge is 0.225 e. The Labute approximate surface area is 130 Å². The first-order valence-corrected chi connectivity index (χ1v) is 8.69. The second-order valence-corrected chi connectivity index (χ2v) is 7.59. The normalized spacial score (nSPS) is 24.5. The zero-order valence-corrected chi connectivity index (χ0v) is 14.1. The van der Waals surface area contributed by atoms with Crippen molar-refractivity contribution < 1.29 is 4.79 Å². The van der Waals surface area contributed by atoms with Gasteiger partial charge in [-0.25, -0.2) is 0 Å². The average Bonchev–Trinajstić information content (AvgIpc) is 2.47. The third-order valence-electron chi connectivity index (χ3n) is 5.45. The summed E-state index contributed by atoms with van der Waals surface area (Å²) in [5, 5.41) is 0. The quantitative estimate of drug-likeness (QED) is 0.864. The van der Waals surface area contributed by atoms with Gasteiger partial charge in [-0.1, -0.05) is 13.8 Å². The van der Waals surface area contributed by atoms with Gasteiger partial charge in [0.25, 0.3) is 0 Å². The van der Waals surface area contributed by atoms with E-state index in [1.54, 1.807) is 0 Å². The van der Waals surface area contributed by atoms with E-state index < -0.39 is 0 Å². The van der Waals surface area contributed by atoms with Crippen molar-refractivity contribution in [1.82, 2.24) is 9.80 Å². The Bertz CT molecular complexity index is 336. The molecule has 2 rings (SSSR count). The van der Waals surface area contributed by atoms with E-state index in [1.807, 2.05) is 13.8 Å². The maximum absolute atomic E-state index is 12.1. The zero-order valence-electron chi connectivity index (χ0n) is 14.1. The fraction of sp³-hybridized carbons (Fsp3) is 0.941. The lowest BCUT2D eigenvalue weighted by atomic mass is 9.71. The van der Waals surface area contributed by atoms with E-state index in [1.165, 1.54) is 38.8 Å². The Hall–Kier alpha value is -0.610. The van der Waals surface area contributed by atoms with Crippen LogP contribution in [-0.4, -0.2) is 54.5 Å². The van der Waals surface area contributed by atoms with Gasteiger partial charge < -0.3 is 15.5 Å². The number of amides is 1. The molecule has 0 aromatic heterocycles. The number of likely N-dealkylation sites (tertiary alicyclic amines) is 2. The fourth-order valence-electron chi connectivity index (χ4n) is 3.70. The number of piperidine rings is 2. The van der Waals surface area contributed by atoms with Gasteiger partial charge in [-0.3, -0.25) is 4.79 Å². The molecule has 2 heterocycles. The van der Waals surface area contributed by atoms with Gasteiger partial charge in [-0.05, 0) is 64.1 Å². The summed E-state index contributed by atoms with van der Waals surface area (Å²) in [5.41, 5.74) is 6.36. The van der Waals surface area contributed by atoms with Crippen LogP contribution in [0, 0.1) is 11.3 Å². The molecule has 2 saturated heterocycles. The molecule has 1 spiro atoms. The molecule has 21 heavy (non-hydrogen) atoms. The Morgan fingerprint density at radius 3 is 2.05 bits per heavy atom. The molecule has 0 saturated carbocycles. The van der Waals surface area contributed by atoms with Crippen molar-refractivity contribution in [3.8, 4) is 0 Å². The molecule has 2 fully saturated rings. The van der Waals surface area contributed by atoms with E-state index in [4.69, 9.17) is 5.73 Å². The number of hydrogen-bond acceptors (Lipinski definition) is 3. The van der Waals surface area contributed by atoms with Crippen molar-refractivity contribution in [2.24, 2.45) is 17.1 Å². The van der Waals surface area contributed by atoms with Crippen LogP contribution in [0.3, 0.4) is 0 Å². The minimum absolute atomic E-state index is 0.138. The highest BCUT2D eigenvalue weighted by molar-refractivity contribution is 5.78. The van der Waals surface area contributed by atoms with E-state index in [0.717, 1.165) is 26.1 Å². The van der Waals surface area contributed by atoms with Crippen molar-refractivity contribution >= 4 is 5.91 Å². The van der Waals surface area contributed by atoms with Gasteiger partial charge in [0, 0.05) is 25.0 Å². The van der Waals surface area contributed by atoms with E-state index in [2.05, 4.69) is 16.7 Å². The first-order chi connectivity index (χ1) is 9.92. The number of hydrogen-bond donors (Lipinski definition) is 1. The maximum Gasteiger partial charge on any atom is 0.225 e. The Balaban J connectivity index is 1.76. The first kappa shape index (κ1) is 16.8. The van der Waals surface area contributed by atoms with Crippen LogP contribution in [-0.2, 0) is 4.79 Å². The van der Waals surface area contributed by atoms with Crippen LogP contribution in [0.25, 0.3) is 0 Å². The van der Waals surface area contributed by atoms with Crippen LogP contribution < -0.4 is 5.73 Å². The Morgan fingerprint density at radius 1 is 1.05 bits per heavy atom. The second-order valence-electron chi connectivity index (χ2n) is 7.59. The number of nitrogens with two attached hydrogens (primary N) is 1. The third-order valence-corrected chi connectivity index (χ3v) is 5.45. The summed E-state index contributed by atoms with van der Waals surface area (Å²) in [7, 11) is 0. The fourth-order valence-corrected chi connectivity index (χ4v) is 3.70. The highest BCUT2D eigenvalue weighted by atomic mass is 16.2. The summed E-state index contributed by atoms with van der Waals surface area (Å²) in [6, 6.07) is 0.311. The molecule has 0 aromatic rings. The third kappa shape index (κ3) is 4.43. The molecule has 2 aliphatic rings. The highest BCUT2D eigenvalue weighted by Gasteiger charge is 2.38. The molecule has 1 atom stereocenters. The summed E-state index contributed by atoms with van der Waals surface area (Å²) in [5.74, 6) is 0.471. The number of nitrogens with zero attached hydrogens (tertiary/aromatic N) is 2. The summed E-state index contributed by atoms with van der Waals surface area (Å²) in [4.78, 5) is 16.7. The van der Waals surface area contributed by atoms with Gasteiger partial charge in [0.15, 0.2) is 0 Å². The minimum atomic E-state index is 0.138. The summed E-state index contributed by atoms with van der Waals surface area (Å²) >= 11 is 0. The SMILES string of the molecule is CC(N)CCN1CCC2(CC1)CCN(C(=O)C(C)C)CC2. The topological polar surface area (TPSA) is 49.6 Å². The van der Waals surface area contributed by atoms with Gasteiger partial charge in [0.2, 0.25) is 5.91 Å². The molecule has 2 aliphatic heterocycles. The van der Waals surface area contributed by atoms with E-state index in [-0.39, 0.29) is 5.92 Å². The monoisotopic (exact) mass is 295 g/mol. The van der Waals surface area contributed by atoms with E-state index in [0.29, 0.717) is 17.4 Å². The Kier molecular flexibility index (Phi) is 5.67. The summed E-state index contributed by atoms with van der Waals surface area (Å²) in [6.45, 7) is 11.6. The predicted molar refractivity (Wildman–Crippen MR) is 87.0 cm³/mol. The average molecular weight is 295 g/mol. The van der Waals surface area contributed by atoms with Gasteiger partial charge in [-0.15, -0.1) is 0 Å². The lowest BCUT2D eigenvalue weighted by molar-refractivity contribution is -0.137. The molecule has 0 aliphatic carbocycles. The molecular weight excluding hydrogens is 262 g/mol. The molecular formula is C17H33N3O. The zero-order chi connectivity index (χ0) is 15.5.